The van der Waals surface area contributed by atoms with E-state index in [1.807, 2.05) is 51.1 Å². The van der Waals surface area contributed by atoms with Gasteiger partial charge >= 0.3 is 0 Å². The van der Waals surface area contributed by atoms with Gasteiger partial charge in [0.25, 0.3) is 11.5 Å². The molecule has 8 nitrogen and oxygen atoms in total. The fourth-order valence-corrected chi connectivity index (χ4v) is 5.50. The van der Waals surface area contributed by atoms with Crippen LogP contribution in [0, 0.1) is 18.8 Å². The van der Waals surface area contributed by atoms with Crippen LogP contribution >= 0.6 is 0 Å². The van der Waals surface area contributed by atoms with Crippen LogP contribution < -0.4 is 16.3 Å². The largest absolute Gasteiger partial charge is 0.351 e. The van der Waals surface area contributed by atoms with Crippen molar-refractivity contribution in [2.75, 3.05) is 13.1 Å². The third-order valence-electron chi connectivity index (χ3n) is 7.10. The van der Waals surface area contributed by atoms with Crippen LogP contribution in [0.15, 0.2) is 47.7 Å². The smallest absolute Gasteiger partial charge is 0.261 e. The molecule has 8 heteroatoms. The second kappa shape index (κ2) is 9.27. The molecule has 0 spiro atoms. The summed E-state index contributed by atoms with van der Waals surface area (Å²) in [4.78, 5) is 36.1. The van der Waals surface area contributed by atoms with Gasteiger partial charge in [-0.25, -0.2) is 20.4 Å². The Kier molecular flexibility index (Phi) is 6.18. The zero-order valence-corrected chi connectivity index (χ0v) is 20.0. The molecule has 5 rings (SSSR count). The first-order valence-electron chi connectivity index (χ1n) is 12.1. The van der Waals surface area contributed by atoms with E-state index in [0.717, 1.165) is 24.2 Å². The third kappa shape index (κ3) is 4.23. The lowest BCUT2D eigenvalue weighted by atomic mass is 10.0. The Hall–Kier alpha value is -3.10. The number of pyridine rings is 1. The minimum atomic E-state index is -0.921. The van der Waals surface area contributed by atoms with Crippen molar-refractivity contribution in [2.24, 2.45) is 11.8 Å². The molecule has 1 aromatic carbocycles. The first kappa shape index (κ1) is 22.7. The zero-order chi connectivity index (χ0) is 23.8. The maximum atomic E-state index is 14.0. The number of nitrogens with zero attached hydrogens (tertiary/aromatic N) is 4. The van der Waals surface area contributed by atoms with Gasteiger partial charge in [-0.1, -0.05) is 30.7 Å². The zero-order valence-electron chi connectivity index (χ0n) is 20.0. The highest BCUT2D eigenvalue weighted by atomic mass is 16.2. The van der Waals surface area contributed by atoms with Crippen LogP contribution in [0.3, 0.4) is 0 Å². The second-order valence-electron chi connectivity index (χ2n) is 9.90. The molecular formula is C26H32N6O2. The van der Waals surface area contributed by atoms with Crippen molar-refractivity contribution in [3.63, 3.8) is 0 Å². The number of aromatic nitrogens is 3. The molecule has 3 unspecified atom stereocenters. The number of fused-ring (bicyclic) bond motifs is 2. The predicted octanol–water partition coefficient (Wildman–Crippen LogP) is 3.03. The van der Waals surface area contributed by atoms with Crippen LogP contribution in [0.4, 0.5) is 0 Å². The van der Waals surface area contributed by atoms with Crippen molar-refractivity contribution < 1.29 is 4.79 Å². The van der Waals surface area contributed by atoms with Crippen molar-refractivity contribution in [2.45, 2.75) is 52.2 Å². The summed E-state index contributed by atoms with van der Waals surface area (Å²) in [5.41, 5.74) is 5.96. The standard InChI is InChI=1S/C26H32N6O2/c1-16(2)29-25(33)24(30-31-13-18-8-6-9-19(18)14-31)32-23-20(12-27-15-28-23)11-22(26(32)34)21-10-5-4-7-17(21)3/h4-5,7,10-12,15-16,18-19,24,30H,6,8-9,13-14H2,1-3H3,(H,29,33). The lowest BCUT2D eigenvalue weighted by molar-refractivity contribution is -0.127. The molecule has 0 bridgehead atoms. The topological polar surface area (TPSA) is 92.2 Å². The fourth-order valence-electron chi connectivity index (χ4n) is 5.50. The molecule has 178 valence electrons. The lowest BCUT2D eigenvalue weighted by Crippen LogP contribution is -2.52. The van der Waals surface area contributed by atoms with E-state index >= 15 is 0 Å². The Bertz CT molecular complexity index is 1260. The van der Waals surface area contributed by atoms with E-state index in [2.05, 4.69) is 25.7 Å². The monoisotopic (exact) mass is 460 g/mol. The van der Waals surface area contributed by atoms with E-state index in [4.69, 9.17) is 0 Å². The van der Waals surface area contributed by atoms with Crippen LogP contribution in [-0.2, 0) is 4.79 Å². The summed E-state index contributed by atoms with van der Waals surface area (Å²) in [6.45, 7) is 7.59. The van der Waals surface area contributed by atoms with E-state index < -0.39 is 6.17 Å². The van der Waals surface area contributed by atoms with Gasteiger partial charge in [-0.15, -0.1) is 0 Å². The van der Waals surface area contributed by atoms with E-state index in [1.165, 1.54) is 30.2 Å². The van der Waals surface area contributed by atoms with Crippen molar-refractivity contribution in [3.8, 4) is 11.1 Å². The van der Waals surface area contributed by atoms with E-state index in [0.29, 0.717) is 28.4 Å². The number of amides is 1. The van der Waals surface area contributed by atoms with E-state index in [-0.39, 0.29) is 17.5 Å². The fraction of sp³-hybridized carbons (Fsp3) is 0.462. The Balaban J connectivity index is 1.64. The average Bonchev–Trinajstić information content (AvgIpc) is 3.39. The first-order valence-corrected chi connectivity index (χ1v) is 12.1. The number of carbonyl (C=O) groups excluding carboxylic acids is 1. The highest BCUT2D eigenvalue weighted by Crippen LogP contribution is 2.37. The molecule has 3 aromatic rings. The van der Waals surface area contributed by atoms with Crippen LogP contribution in [-0.4, -0.2) is 44.6 Å². The van der Waals surface area contributed by atoms with Gasteiger partial charge < -0.3 is 5.32 Å². The molecule has 2 aromatic heterocycles. The molecule has 2 N–H and O–H groups in total. The molecule has 34 heavy (non-hydrogen) atoms. The van der Waals surface area contributed by atoms with Gasteiger partial charge in [0.1, 0.15) is 12.0 Å². The van der Waals surface area contributed by atoms with Crippen LogP contribution in [0.2, 0.25) is 0 Å². The summed E-state index contributed by atoms with van der Waals surface area (Å²) in [6, 6.07) is 9.55. The summed E-state index contributed by atoms with van der Waals surface area (Å²) in [7, 11) is 0. The average molecular weight is 461 g/mol. The lowest BCUT2D eigenvalue weighted by Gasteiger charge is -2.28. The number of hydrogen-bond acceptors (Lipinski definition) is 6. The molecule has 1 saturated carbocycles. The maximum absolute atomic E-state index is 14.0. The summed E-state index contributed by atoms with van der Waals surface area (Å²) < 4.78 is 1.50. The number of aryl methyl sites for hydroxylation is 1. The van der Waals surface area contributed by atoms with Crippen LogP contribution in [0.1, 0.15) is 44.8 Å². The minimum absolute atomic E-state index is 0.0640. The molecule has 3 atom stereocenters. The van der Waals surface area contributed by atoms with Crippen molar-refractivity contribution >= 4 is 16.9 Å². The Morgan fingerprint density at radius 1 is 1.12 bits per heavy atom. The predicted molar refractivity (Wildman–Crippen MR) is 132 cm³/mol. The molecule has 2 fully saturated rings. The Morgan fingerprint density at radius 3 is 2.56 bits per heavy atom. The quantitative estimate of drug-likeness (QED) is 0.588. The van der Waals surface area contributed by atoms with Gasteiger partial charge in [0.05, 0.1) is 0 Å². The van der Waals surface area contributed by atoms with Crippen molar-refractivity contribution in [1.82, 2.24) is 30.3 Å². The Labute approximate surface area is 199 Å². The van der Waals surface area contributed by atoms with Crippen LogP contribution in [0.25, 0.3) is 22.2 Å². The number of nitrogens with one attached hydrogen (secondary N) is 2. The number of rotatable bonds is 6. The molecule has 1 saturated heterocycles. The number of hydrogen-bond donors (Lipinski definition) is 2. The SMILES string of the molecule is Cc1ccccc1-c1cc2cncnc2n(C(NN2CC3CCCC3C2)C(=O)NC(C)C)c1=O. The summed E-state index contributed by atoms with van der Waals surface area (Å²) in [6.07, 6.45) is 5.92. The molecule has 1 amide bonds. The van der Waals surface area contributed by atoms with Crippen LogP contribution in [0.5, 0.6) is 0 Å². The molecular weight excluding hydrogens is 428 g/mol. The van der Waals surface area contributed by atoms with Gasteiger partial charge in [-0.05, 0) is 62.6 Å². The number of carbonyl (C=O) groups is 1. The van der Waals surface area contributed by atoms with Crippen molar-refractivity contribution in [1.29, 1.82) is 0 Å². The van der Waals surface area contributed by atoms with Gasteiger partial charge in [-0.2, -0.15) is 0 Å². The number of hydrazine groups is 1. The van der Waals surface area contributed by atoms with Crippen molar-refractivity contribution in [3.05, 3.63) is 58.8 Å². The van der Waals surface area contributed by atoms with Gasteiger partial charge in [0.2, 0.25) is 0 Å². The molecule has 2 aliphatic rings. The van der Waals surface area contributed by atoms with E-state index in [9.17, 15) is 9.59 Å². The molecule has 0 radical (unpaired) electrons. The maximum Gasteiger partial charge on any atom is 0.261 e. The normalized spacial score (nSPS) is 21.2. The third-order valence-corrected chi connectivity index (χ3v) is 7.10. The second-order valence-corrected chi connectivity index (χ2v) is 9.90. The first-order chi connectivity index (χ1) is 16.4. The van der Waals surface area contributed by atoms with E-state index in [1.54, 1.807) is 6.20 Å². The summed E-state index contributed by atoms with van der Waals surface area (Å²) >= 11 is 0. The Morgan fingerprint density at radius 2 is 1.85 bits per heavy atom. The van der Waals surface area contributed by atoms with Gasteiger partial charge in [-0.3, -0.25) is 14.2 Å². The minimum Gasteiger partial charge on any atom is -0.351 e. The number of benzene rings is 1. The molecule has 1 aliphatic carbocycles. The summed E-state index contributed by atoms with van der Waals surface area (Å²) in [5, 5.41) is 5.83. The molecule has 1 aliphatic heterocycles. The molecule has 3 heterocycles. The van der Waals surface area contributed by atoms with Gasteiger partial charge in [0, 0.05) is 36.3 Å². The highest BCUT2D eigenvalue weighted by molar-refractivity contribution is 5.85. The highest BCUT2D eigenvalue weighted by Gasteiger charge is 2.38. The summed E-state index contributed by atoms with van der Waals surface area (Å²) in [5.74, 6) is 1.04. The van der Waals surface area contributed by atoms with Gasteiger partial charge in [0.15, 0.2) is 6.17 Å².